The van der Waals surface area contributed by atoms with Gasteiger partial charge in [-0.05, 0) is 31.4 Å². The van der Waals surface area contributed by atoms with Gasteiger partial charge in [0.15, 0.2) is 0 Å². The summed E-state index contributed by atoms with van der Waals surface area (Å²) in [4.78, 5) is 27.0. The lowest BCUT2D eigenvalue weighted by atomic mass is 9.93. The third kappa shape index (κ3) is 3.46. The van der Waals surface area contributed by atoms with E-state index in [-0.39, 0.29) is 12.5 Å². The molecule has 2 rings (SSSR count). The van der Waals surface area contributed by atoms with Crippen LogP contribution in [0.4, 0.5) is 10.5 Å². The summed E-state index contributed by atoms with van der Waals surface area (Å²) in [6.07, 6.45) is 6.50. The summed E-state index contributed by atoms with van der Waals surface area (Å²) in [5, 5.41) is 14.6. The molecule has 2 amide bonds. The van der Waals surface area contributed by atoms with E-state index >= 15 is 0 Å². The molecule has 0 atom stereocenters. The van der Waals surface area contributed by atoms with E-state index < -0.39 is 11.5 Å². The van der Waals surface area contributed by atoms with Crippen LogP contribution in [0.3, 0.4) is 0 Å². The summed E-state index contributed by atoms with van der Waals surface area (Å²) in [5.41, 5.74) is 0.925. The van der Waals surface area contributed by atoms with Crippen LogP contribution in [0, 0.1) is 6.92 Å². The van der Waals surface area contributed by atoms with Crippen LogP contribution in [-0.4, -0.2) is 27.6 Å². The molecule has 1 aromatic rings. The number of urea groups is 1. The van der Waals surface area contributed by atoms with Gasteiger partial charge in [-0.3, -0.25) is 9.78 Å². The first-order chi connectivity index (χ1) is 9.51. The monoisotopic (exact) mass is 277 g/mol. The van der Waals surface area contributed by atoms with Crippen molar-refractivity contribution in [3.05, 3.63) is 24.0 Å². The summed E-state index contributed by atoms with van der Waals surface area (Å²) in [6.45, 7) is 1.87. The number of aliphatic carboxylic acids is 1. The van der Waals surface area contributed by atoms with Gasteiger partial charge in [-0.25, -0.2) is 4.79 Å². The Bertz CT molecular complexity index is 510. The minimum absolute atomic E-state index is 0.0353. The molecule has 0 aromatic carbocycles. The normalized spacial score (nSPS) is 16.6. The standard InChI is InChI=1S/C14H19N3O3/c1-10-4-7-15-9-11(10)16-13(20)17-14(8-12(18)19)5-2-3-6-14/h4,7,9H,2-3,5-6,8H2,1H3,(H,18,19)(H2,16,17,20). The number of nitrogens with one attached hydrogen (secondary N) is 2. The highest BCUT2D eigenvalue weighted by molar-refractivity contribution is 5.90. The van der Waals surface area contributed by atoms with E-state index in [9.17, 15) is 9.59 Å². The molecule has 6 heteroatoms. The first kappa shape index (κ1) is 14.3. The number of carbonyl (C=O) groups is 2. The second kappa shape index (κ2) is 5.90. The van der Waals surface area contributed by atoms with Gasteiger partial charge in [-0.15, -0.1) is 0 Å². The van der Waals surface area contributed by atoms with Crippen molar-refractivity contribution < 1.29 is 14.7 Å². The van der Waals surface area contributed by atoms with Crippen LogP contribution in [0.2, 0.25) is 0 Å². The van der Waals surface area contributed by atoms with Gasteiger partial charge in [0.25, 0.3) is 0 Å². The van der Waals surface area contributed by atoms with E-state index in [0.29, 0.717) is 18.5 Å². The van der Waals surface area contributed by atoms with Crippen molar-refractivity contribution in [3.63, 3.8) is 0 Å². The number of amides is 2. The number of pyridine rings is 1. The molecule has 1 aromatic heterocycles. The molecule has 0 saturated heterocycles. The van der Waals surface area contributed by atoms with E-state index in [0.717, 1.165) is 18.4 Å². The van der Waals surface area contributed by atoms with Crippen LogP contribution in [-0.2, 0) is 4.79 Å². The lowest BCUT2D eigenvalue weighted by Gasteiger charge is -2.28. The Morgan fingerprint density at radius 1 is 1.40 bits per heavy atom. The molecule has 6 nitrogen and oxygen atoms in total. The minimum atomic E-state index is -0.884. The molecular weight excluding hydrogens is 258 g/mol. The predicted octanol–water partition coefficient (Wildman–Crippen LogP) is 2.30. The van der Waals surface area contributed by atoms with E-state index in [2.05, 4.69) is 15.6 Å². The fourth-order valence-electron chi connectivity index (χ4n) is 2.68. The van der Waals surface area contributed by atoms with Crippen molar-refractivity contribution in [1.82, 2.24) is 10.3 Å². The van der Waals surface area contributed by atoms with Crippen molar-refractivity contribution in [2.24, 2.45) is 0 Å². The largest absolute Gasteiger partial charge is 0.481 e. The average molecular weight is 277 g/mol. The third-order valence-corrected chi connectivity index (χ3v) is 3.72. The smallest absolute Gasteiger partial charge is 0.319 e. The Kier molecular flexibility index (Phi) is 4.22. The Labute approximate surface area is 117 Å². The maximum absolute atomic E-state index is 12.1. The van der Waals surface area contributed by atoms with Gasteiger partial charge in [-0.1, -0.05) is 12.8 Å². The predicted molar refractivity (Wildman–Crippen MR) is 74.6 cm³/mol. The second-order valence-corrected chi connectivity index (χ2v) is 5.33. The molecule has 20 heavy (non-hydrogen) atoms. The Morgan fingerprint density at radius 3 is 2.70 bits per heavy atom. The quantitative estimate of drug-likeness (QED) is 0.787. The lowest BCUT2D eigenvalue weighted by molar-refractivity contribution is -0.138. The Balaban J connectivity index is 2.02. The van der Waals surface area contributed by atoms with Crippen molar-refractivity contribution in [1.29, 1.82) is 0 Å². The van der Waals surface area contributed by atoms with E-state index in [1.54, 1.807) is 18.5 Å². The van der Waals surface area contributed by atoms with Gasteiger partial charge in [0.1, 0.15) is 0 Å². The number of anilines is 1. The molecule has 0 radical (unpaired) electrons. The van der Waals surface area contributed by atoms with Crippen molar-refractivity contribution in [2.75, 3.05) is 5.32 Å². The zero-order chi connectivity index (χ0) is 14.6. The van der Waals surface area contributed by atoms with Crippen molar-refractivity contribution >= 4 is 17.7 Å². The van der Waals surface area contributed by atoms with Gasteiger partial charge >= 0.3 is 12.0 Å². The fraction of sp³-hybridized carbons (Fsp3) is 0.500. The van der Waals surface area contributed by atoms with Crippen LogP contribution in [0.15, 0.2) is 18.5 Å². The zero-order valence-electron chi connectivity index (χ0n) is 11.5. The number of aromatic nitrogens is 1. The second-order valence-electron chi connectivity index (χ2n) is 5.33. The first-order valence-electron chi connectivity index (χ1n) is 6.72. The fourth-order valence-corrected chi connectivity index (χ4v) is 2.68. The molecule has 0 unspecified atom stereocenters. The number of nitrogens with zero attached hydrogens (tertiary/aromatic N) is 1. The molecule has 1 fully saturated rings. The van der Waals surface area contributed by atoms with Crippen LogP contribution >= 0.6 is 0 Å². The number of hydrogen-bond acceptors (Lipinski definition) is 3. The van der Waals surface area contributed by atoms with E-state index in [4.69, 9.17) is 5.11 Å². The summed E-state index contributed by atoms with van der Waals surface area (Å²) in [5.74, 6) is -0.884. The number of carboxylic acids is 1. The Hall–Kier alpha value is -2.11. The number of aryl methyl sites for hydroxylation is 1. The number of hydrogen-bond donors (Lipinski definition) is 3. The van der Waals surface area contributed by atoms with Gasteiger partial charge in [0, 0.05) is 6.20 Å². The molecular formula is C14H19N3O3. The van der Waals surface area contributed by atoms with Gasteiger partial charge in [-0.2, -0.15) is 0 Å². The average Bonchev–Trinajstić information content (AvgIpc) is 2.79. The molecule has 0 spiro atoms. The SMILES string of the molecule is Cc1ccncc1NC(=O)NC1(CC(=O)O)CCCC1. The zero-order valence-corrected chi connectivity index (χ0v) is 11.5. The summed E-state index contributed by atoms with van der Waals surface area (Å²) >= 11 is 0. The van der Waals surface area contributed by atoms with Crippen molar-refractivity contribution in [2.45, 2.75) is 44.6 Å². The molecule has 1 heterocycles. The van der Waals surface area contributed by atoms with Crippen LogP contribution in [0.5, 0.6) is 0 Å². The number of carboxylic acid groups (broad SMARTS) is 1. The maximum Gasteiger partial charge on any atom is 0.319 e. The first-order valence-corrected chi connectivity index (χ1v) is 6.72. The summed E-state index contributed by atoms with van der Waals surface area (Å²) in [7, 11) is 0. The highest BCUT2D eigenvalue weighted by Crippen LogP contribution is 2.32. The maximum atomic E-state index is 12.1. The van der Waals surface area contributed by atoms with Crippen LogP contribution in [0.1, 0.15) is 37.7 Å². The Morgan fingerprint density at radius 2 is 2.10 bits per heavy atom. The molecule has 0 aliphatic heterocycles. The summed E-state index contributed by atoms with van der Waals surface area (Å²) < 4.78 is 0. The molecule has 1 aliphatic carbocycles. The topological polar surface area (TPSA) is 91.3 Å². The third-order valence-electron chi connectivity index (χ3n) is 3.72. The number of rotatable bonds is 4. The minimum Gasteiger partial charge on any atom is -0.481 e. The molecule has 108 valence electrons. The number of carbonyl (C=O) groups excluding carboxylic acids is 1. The summed E-state index contributed by atoms with van der Waals surface area (Å²) in [6, 6.07) is 1.43. The van der Waals surface area contributed by atoms with Gasteiger partial charge in [0.2, 0.25) is 0 Å². The highest BCUT2D eigenvalue weighted by atomic mass is 16.4. The van der Waals surface area contributed by atoms with Gasteiger partial charge in [0.05, 0.1) is 23.8 Å². The lowest BCUT2D eigenvalue weighted by Crippen LogP contribution is -2.49. The van der Waals surface area contributed by atoms with Crippen molar-refractivity contribution in [3.8, 4) is 0 Å². The molecule has 1 aliphatic rings. The van der Waals surface area contributed by atoms with Crippen LogP contribution in [0.25, 0.3) is 0 Å². The molecule has 0 bridgehead atoms. The van der Waals surface area contributed by atoms with Gasteiger partial charge < -0.3 is 15.7 Å². The molecule has 3 N–H and O–H groups in total. The highest BCUT2D eigenvalue weighted by Gasteiger charge is 2.37. The van der Waals surface area contributed by atoms with E-state index in [1.807, 2.05) is 6.92 Å². The molecule has 1 saturated carbocycles. The van der Waals surface area contributed by atoms with E-state index in [1.165, 1.54) is 0 Å². The van der Waals surface area contributed by atoms with Crippen LogP contribution < -0.4 is 10.6 Å².